The molecule has 7 nitrogen and oxygen atoms in total. The molecule has 0 aliphatic carbocycles. The van der Waals surface area contributed by atoms with Gasteiger partial charge >= 0.3 is 12.0 Å². The van der Waals surface area contributed by atoms with Crippen molar-refractivity contribution in [1.29, 1.82) is 0 Å². The van der Waals surface area contributed by atoms with Crippen LogP contribution >= 0.6 is 15.9 Å². The van der Waals surface area contributed by atoms with Crippen LogP contribution in [0.4, 0.5) is 4.79 Å². The van der Waals surface area contributed by atoms with Crippen molar-refractivity contribution in [3.8, 4) is 0 Å². The molecule has 0 aromatic carbocycles. The molecule has 2 N–H and O–H groups in total. The number of carbonyl (C=O) groups excluding carboxylic acids is 3. The van der Waals surface area contributed by atoms with E-state index >= 15 is 0 Å². The van der Waals surface area contributed by atoms with Crippen LogP contribution in [-0.2, 0) is 14.3 Å². The minimum Gasteiger partial charge on any atom is -0.452 e. The van der Waals surface area contributed by atoms with Crippen LogP contribution in [0.3, 0.4) is 0 Å². The molecule has 0 spiro atoms. The molecule has 8 heteroatoms. The van der Waals surface area contributed by atoms with Crippen molar-refractivity contribution in [2.24, 2.45) is 5.92 Å². The Labute approximate surface area is 136 Å². The van der Waals surface area contributed by atoms with Crippen LogP contribution in [-0.4, -0.2) is 31.1 Å². The predicted octanol–water partition coefficient (Wildman–Crippen LogP) is 2.08. The fourth-order valence-electron chi connectivity index (χ4n) is 1.26. The molecule has 1 heterocycles. The summed E-state index contributed by atoms with van der Waals surface area (Å²) in [7, 11) is 0. The summed E-state index contributed by atoms with van der Waals surface area (Å²) in [5, 5.41) is 4.56. The molecule has 0 saturated carbocycles. The monoisotopic (exact) mass is 372 g/mol. The van der Waals surface area contributed by atoms with Crippen molar-refractivity contribution in [2.45, 2.75) is 13.8 Å². The molecule has 1 rings (SSSR count). The maximum absolute atomic E-state index is 11.4. The van der Waals surface area contributed by atoms with Gasteiger partial charge in [-0.25, -0.2) is 9.59 Å². The highest BCUT2D eigenvalue weighted by molar-refractivity contribution is 9.10. The van der Waals surface area contributed by atoms with Gasteiger partial charge in [0.1, 0.15) is 5.76 Å². The lowest BCUT2D eigenvalue weighted by atomic mass is 10.2. The number of amides is 3. The van der Waals surface area contributed by atoms with Crippen LogP contribution in [0.15, 0.2) is 27.3 Å². The molecule has 0 atom stereocenters. The van der Waals surface area contributed by atoms with Crippen LogP contribution < -0.4 is 10.6 Å². The summed E-state index contributed by atoms with van der Waals surface area (Å²) in [6.45, 7) is 3.75. The number of furan rings is 1. The summed E-state index contributed by atoms with van der Waals surface area (Å²) in [6.07, 6.45) is 2.53. The first kappa shape index (κ1) is 18.0. The average molecular weight is 373 g/mol. The Kier molecular flexibility index (Phi) is 7.38. The Hall–Kier alpha value is -2.09. The van der Waals surface area contributed by atoms with Gasteiger partial charge in [0, 0.05) is 12.6 Å². The number of halogens is 1. The second-order valence-electron chi connectivity index (χ2n) is 4.73. The van der Waals surface area contributed by atoms with Gasteiger partial charge in [0.2, 0.25) is 0 Å². The van der Waals surface area contributed by atoms with Gasteiger partial charge in [-0.15, -0.1) is 0 Å². The Balaban J connectivity index is 2.27. The zero-order chi connectivity index (χ0) is 16.5. The molecule has 0 aliphatic heterocycles. The van der Waals surface area contributed by atoms with E-state index in [0.29, 0.717) is 17.0 Å². The van der Waals surface area contributed by atoms with Crippen LogP contribution in [0.2, 0.25) is 0 Å². The van der Waals surface area contributed by atoms with Gasteiger partial charge in [-0.2, -0.15) is 0 Å². The molecule has 0 radical (unpaired) electrons. The lowest BCUT2D eigenvalue weighted by Crippen LogP contribution is -2.42. The fraction of sp³-hybridized carbons (Fsp3) is 0.357. The average Bonchev–Trinajstić information content (AvgIpc) is 2.86. The van der Waals surface area contributed by atoms with E-state index < -0.39 is 24.5 Å². The first-order chi connectivity index (χ1) is 10.4. The number of esters is 1. The lowest BCUT2D eigenvalue weighted by molar-refractivity contribution is -0.143. The summed E-state index contributed by atoms with van der Waals surface area (Å²) in [6, 6.07) is 2.71. The van der Waals surface area contributed by atoms with Gasteiger partial charge in [-0.05, 0) is 40.1 Å². The molecule has 0 fully saturated rings. The number of nitrogens with one attached hydrogen (secondary N) is 2. The van der Waals surface area contributed by atoms with Crippen molar-refractivity contribution in [3.63, 3.8) is 0 Å². The molecule has 1 aromatic heterocycles. The number of carbonyl (C=O) groups is 3. The van der Waals surface area contributed by atoms with E-state index in [2.05, 4.69) is 31.3 Å². The first-order valence-electron chi connectivity index (χ1n) is 6.54. The number of urea groups is 1. The summed E-state index contributed by atoms with van der Waals surface area (Å²) >= 11 is 3.13. The van der Waals surface area contributed by atoms with Gasteiger partial charge in [-0.1, -0.05) is 13.8 Å². The van der Waals surface area contributed by atoms with Crippen molar-refractivity contribution in [1.82, 2.24) is 10.6 Å². The quantitative estimate of drug-likeness (QED) is 0.588. The second-order valence-corrected chi connectivity index (χ2v) is 5.52. The van der Waals surface area contributed by atoms with Crippen molar-refractivity contribution in [2.75, 3.05) is 13.2 Å². The molecule has 22 heavy (non-hydrogen) atoms. The lowest BCUT2D eigenvalue weighted by Gasteiger charge is -2.08. The predicted molar refractivity (Wildman–Crippen MR) is 82.8 cm³/mol. The van der Waals surface area contributed by atoms with Crippen LogP contribution in [0, 0.1) is 5.92 Å². The smallest absolute Gasteiger partial charge is 0.331 e. The molecular formula is C14H17BrN2O5. The van der Waals surface area contributed by atoms with E-state index in [4.69, 9.17) is 4.42 Å². The summed E-state index contributed by atoms with van der Waals surface area (Å²) < 4.78 is 10.4. The molecule has 0 bridgehead atoms. The Morgan fingerprint density at radius 2 is 2.09 bits per heavy atom. The largest absolute Gasteiger partial charge is 0.452 e. The Morgan fingerprint density at radius 3 is 2.68 bits per heavy atom. The number of ether oxygens (including phenoxy) is 1. The topological polar surface area (TPSA) is 97.6 Å². The van der Waals surface area contributed by atoms with E-state index in [1.165, 1.54) is 6.08 Å². The van der Waals surface area contributed by atoms with Crippen molar-refractivity contribution in [3.05, 3.63) is 28.6 Å². The van der Waals surface area contributed by atoms with Crippen LogP contribution in [0.25, 0.3) is 6.08 Å². The third kappa shape index (κ3) is 7.63. The highest BCUT2D eigenvalue weighted by atomic mass is 79.9. The van der Waals surface area contributed by atoms with E-state index in [1.807, 2.05) is 13.8 Å². The second kappa shape index (κ2) is 9.04. The Morgan fingerprint density at radius 1 is 1.36 bits per heavy atom. The van der Waals surface area contributed by atoms with Gasteiger partial charge < -0.3 is 14.5 Å². The van der Waals surface area contributed by atoms with E-state index in [-0.39, 0.29) is 5.92 Å². The standard InChI is InChI=1S/C14H17BrN2O5/c1-9(2)7-16-14(20)17-12(18)8-21-13(19)6-4-10-3-5-11(15)22-10/h3-6,9H,7-8H2,1-2H3,(H2,16,17,18,20). The normalized spacial score (nSPS) is 10.7. The van der Waals surface area contributed by atoms with Crippen molar-refractivity contribution >= 4 is 39.9 Å². The number of hydrogen-bond acceptors (Lipinski definition) is 5. The third-order valence-electron chi connectivity index (χ3n) is 2.25. The molecule has 0 saturated heterocycles. The van der Waals surface area contributed by atoms with E-state index in [1.54, 1.807) is 12.1 Å². The molecule has 120 valence electrons. The van der Waals surface area contributed by atoms with Crippen molar-refractivity contribution < 1.29 is 23.5 Å². The van der Waals surface area contributed by atoms with Crippen LogP contribution in [0.1, 0.15) is 19.6 Å². The highest BCUT2D eigenvalue weighted by Crippen LogP contribution is 2.14. The first-order valence-corrected chi connectivity index (χ1v) is 7.34. The molecule has 1 aromatic rings. The number of rotatable bonds is 6. The number of hydrogen-bond donors (Lipinski definition) is 2. The van der Waals surface area contributed by atoms with E-state index in [0.717, 1.165) is 6.08 Å². The fourth-order valence-corrected chi connectivity index (χ4v) is 1.58. The summed E-state index contributed by atoms with van der Waals surface area (Å²) in [5.41, 5.74) is 0. The van der Waals surface area contributed by atoms with Crippen LogP contribution in [0.5, 0.6) is 0 Å². The third-order valence-corrected chi connectivity index (χ3v) is 2.67. The molecule has 0 aliphatic rings. The molecule has 0 unspecified atom stereocenters. The van der Waals surface area contributed by atoms with Gasteiger partial charge in [0.15, 0.2) is 11.3 Å². The maximum Gasteiger partial charge on any atom is 0.331 e. The molecular weight excluding hydrogens is 356 g/mol. The molecule has 3 amide bonds. The zero-order valence-electron chi connectivity index (χ0n) is 12.2. The van der Waals surface area contributed by atoms with Gasteiger partial charge in [-0.3, -0.25) is 10.1 Å². The highest BCUT2D eigenvalue weighted by Gasteiger charge is 2.09. The summed E-state index contributed by atoms with van der Waals surface area (Å²) in [5.74, 6) is -0.694. The summed E-state index contributed by atoms with van der Waals surface area (Å²) in [4.78, 5) is 34.1. The minimum atomic E-state index is -0.717. The SMILES string of the molecule is CC(C)CNC(=O)NC(=O)COC(=O)C=Cc1ccc(Br)o1. The van der Waals surface area contributed by atoms with E-state index in [9.17, 15) is 14.4 Å². The maximum atomic E-state index is 11.4. The van der Waals surface area contributed by atoms with Gasteiger partial charge in [0.25, 0.3) is 5.91 Å². The Bertz CT molecular complexity index is 565. The zero-order valence-corrected chi connectivity index (χ0v) is 13.8. The number of imide groups is 1. The minimum absolute atomic E-state index is 0.269. The van der Waals surface area contributed by atoms with Gasteiger partial charge in [0.05, 0.1) is 0 Å².